The maximum Gasteiger partial charge on any atom is 0.0543 e. The predicted molar refractivity (Wildman–Crippen MR) is 237 cm³/mol. The van der Waals surface area contributed by atoms with Crippen molar-refractivity contribution in [2.45, 2.75) is 19.3 Å². The summed E-state index contributed by atoms with van der Waals surface area (Å²) in [5.41, 5.74) is 13.7. The van der Waals surface area contributed by atoms with Crippen LogP contribution in [0.5, 0.6) is 0 Å². The number of nitrogens with zero attached hydrogens (tertiary/aromatic N) is 1. The van der Waals surface area contributed by atoms with Crippen LogP contribution >= 0.6 is 11.3 Å². The molecule has 1 aliphatic rings. The van der Waals surface area contributed by atoms with Crippen LogP contribution in [0.25, 0.3) is 75.1 Å². The average Bonchev–Trinajstić information content (AvgIpc) is 3.74. The summed E-state index contributed by atoms with van der Waals surface area (Å²) >= 11 is 1.90. The molecule has 1 aromatic heterocycles. The molecule has 1 heterocycles. The fraction of sp³-hybridized carbons (Fsp3) is 0.0566. The van der Waals surface area contributed by atoms with Gasteiger partial charge in [-0.15, -0.1) is 11.3 Å². The normalized spacial score (nSPS) is 13.1. The van der Waals surface area contributed by atoms with Crippen LogP contribution in [0.2, 0.25) is 0 Å². The maximum atomic E-state index is 2.46. The number of fused-ring (bicyclic) bond motifs is 9. The first-order chi connectivity index (χ1) is 27.0. The van der Waals surface area contributed by atoms with Gasteiger partial charge in [0.25, 0.3) is 0 Å². The summed E-state index contributed by atoms with van der Waals surface area (Å²) in [5.74, 6) is 0. The standard InChI is InChI=1S/C53H37NS/c1-53(2)46-21-9-7-18-43(46)51-47(53)22-12-23-48(51)54(38-29-25-35(26-30-38)41-20-11-15-34-13-3-5-16-40(34)41)39-31-27-36(28-32-39)45-33-37-14-4-6-17-42(37)50-44-19-8-10-24-49(44)55-52(45)50/h3-33H,1-2H3. The highest BCUT2D eigenvalue weighted by atomic mass is 32.1. The molecule has 0 saturated heterocycles. The van der Waals surface area contributed by atoms with E-state index in [9.17, 15) is 0 Å². The van der Waals surface area contributed by atoms with E-state index in [0.717, 1.165) is 11.4 Å². The van der Waals surface area contributed by atoms with Gasteiger partial charge in [-0.1, -0.05) is 159 Å². The molecule has 2 heteroatoms. The number of hydrogen-bond acceptors (Lipinski definition) is 2. The van der Waals surface area contributed by atoms with Crippen LogP contribution in [-0.2, 0) is 5.41 Å². The quantitative estimate of drug-likeness (QED) is 0.171. The van der Waals surface area contributed by atoms with Gasteiger partial charge >= 0.3 is 0 Å². The molecule has 0 saturated carbocycles. The third kappa shape index (κ3) is 4.92. The molecule has 260 valence electrons. The zero-order chi connectivity index (χ0) is 36.7. The maximum absolute atomic E-state index is 2.46. The Morgan fingerprint density at radius 3 is 1.78 bits per heavy atom. The van der Waals surface area contributed by atoms with E-state index in [1.54, 1.807) is 0 Å². The lowest BCUT2D eigenvalue weighted by molar-refractivity contribution is 0.660. The molecule has 11 rings (SSSR count). The number of thiophene rings is 1. The molecule has 0 radical (unpaired) electrons. The van der Waals surface area contributed by atoms with Crippen LogP contribution in [0.3, 0.4) is 0 Å². The first-order valence-corrected chi connectivity index (χ1v) is 19.9. The van der Waals surface area contributed by atoms with E-state index in [1.165, 1.54) is 91.9 Å². The lowest BCUT2D eigenvalue weighted by Crippen LogP contribution is -2.16. The van der Waals surface area contributed by atoms with Crippen molar-refractivity contribution in [2.24, 2.45) is 0 Å². The van der Waals surface area contributed by atoms with Crippen molar-refractivity contribution >= 4 is 70.1 Å². The molecular weight excluding hydrogens is 683 g/mol. The summed E-state index contributed by atoms with van der Waals surface area (Å²) in [5, 5.41) is 7.79. The van der Waals surface area contributed by atoms with Crippen LogP contribution in [0.4, 0.5) is 17.1 Å². The zero-order valence-electron chi connectivity index (χ0n) is 30.8. The first kappa shape index (κ1) is 32.0. The van der Waals surface area contributed by atoms with Crippen LogP contribution in [0.15, 0.2) is 188 Å². The smallest absolute Gasteiger partial charge is 0.0543 e. The molecule has 0 fully saturated rings. The van der Waals surface area contributed by atoms with Gasteiger partial charge in [-0.05, 0) is 97.4 Å². The van der Waals surface area contributed by atoms with Crippen LogP contribution in [0, 0.1) is 0 Å². The van der Waals surface area contributed by atoms with Gasteiger partial charge in [0.15, 0.2) is 0 Å². The van der Waals surface area contributed by atoms with Crippen molar-refractivity contribution in [1.29, 1.82) is 0 Å². The van der Waals surface area contributed by atoms with E-state index in [0.29, 0.717) is 0 Å². The minimum absolute atomic E-state index is 0.0958. The van der Waals surface area contributed by atoms with Crippen molar-refractivity contribution < 1.29 is 0 Å². The van der Waals surface area contributed by atoms with Crippen LogP contribution in [-0.4, -0.2) is 0 Å². The molecule has 0 N–H and O–H groups in total. The zero-order valence-corrected chi connectivity index (χ0v) is 31.6. The Labute approximate surface area is 325 Å². The molecule has 9 aromatic carbocycles. The van der Waals surface area contributed by atoms with Crippen molar-refractivity contribution in [3.8, 4) is 33.4 Å². The Hall–Kier alpha value is -6.48. The molecule has 0 spiro atoms. The van der Waals surface area contributed by atoms with Gasteiger partial charge in [-0.3, -0.25) is 0 Å². The average molecular weight is 720 g/mol. The lowest BCUT2D eigenvalue weighted by atomic mass is 9.82. The van der Waals surface area contributed by atoms with E-state index >= 15 is 0 Å². The number of hydrogen-bond donors (Lipinski definition) is 0. The summed E-state index contributed by atoms with van der Waals surface area (Å²) in [7, 11) is 0. The summed E-state index contributed by atoms with van der Waals surface area (Å²) in [6.07, 6.45) is 0. The van der Waals surface area contributed by atoms with E-state index in [1.807, 2.05) is 11.3 Å². The van der Waals surface area contributed by atoms with Gasteiger partial charge in [0.2, 0.25) is 0 Å². The summed E-state index contributed by atoms with van der Waals surface area (Å²) in [4.78, 5) is 2.46. The lowest BCUT2D eigenvalue weighted by Gasteiger charge is -2.29. The highest BCUT2D eigenvalue weighted by Crippen LogP contribution is 2.54. The molecular formula is C53H37NS. The molecule has 0 aliphatic heterocycles. The van der Waals surface area contributed by atoms with Crippen molar-refractivity contribution in [3.63, 3.8) is 0 Å². The predicted octanol–water partition coefficient (Wildman–Crippen LogP) is 15.5. The molecule has 1 nitrogen and oxygen atoms in total. The number of benzene rings is 9. The molecule has 1 aliphatic carbocycles. The van der Waals surface area contributed by atoms with E-state index in [-0.39, 0.29) is 5.41 Å². The monoisotopic (exact) mass is 719 g/mol. The van der Waals surface area contributed by atoms with Gasteiger partial charge in [-0.25, -0.2) is 0 Å². The SMILES string of the molecule is CC1(C)c2ccccc2-c2c(N(c3ccc(-c4cccc5ccccc45)cc3)c3ccc(-c4cc5ccccc5c5c4sc4ccccc45)cc3)cccc21. The van der Waals surface area contributed by atoms with Gasteiger partial charge in [0, 0.05) is 48.1 Å². The Balaban J connectivity index is 1.09. The molecule has 0 amide bonds. The second-order valence-electron chi connectivity index (χ2n) is 15.3. The molecule has 0 unspecified atom stereocenters. The van der Waals surface area contributed by atoms with Crippen LogP contribution < -0.4 is 4.90 Å². The van der Waals surface area contributed by atoms with Crippen molar-refractivity contribution in [2.75, 3.05) is 4.90 Å². The Kier molecular flexibility index (Phi) is 7.14. The van der Waals surface area contributed by atoms with Crippen molar-refractivity contribution in [3.05, 3.63) is 199 Å². The largest absolute Gasteiger partial charge is 0.310 e. The molecule has 0 bridgehead atoms. The second-order valence-corrected chi connectivity index (χ2v) is 16.3. The minimum Gasteiger partial charge on any atom is -0.310 e. The summed E-state index contributed by atoms with van der Waals surface area (Å²) < 4.78 is 2.67. The number of anilines is 3. The van der Waals surface area contributed by atoms with E-state index in [2.05, 4.69) is 207 Å². The van der Waals surface area contributed by atoms with Gasteiger partial charge < -0.3 is 4.90 Å². The third-order valence-electron chi connectivity index (χ3n) is 11.9. The molecule has 10 aromatic rings. The van der Waals surface area contributed by atoms with E-state index < -0.39 is 0 Å². The van der Waals surface area contributed by atoms with E-state index in [4.69, 9.17) is 0 Å². The van der Waals surface area contributed by atoms with Gasteiger partial charge in [-0.2, -0.15) is 0 Å². The topological polar surface area (TPSA) is 3.24 Å². The van der Waals surface area contributed by atoms with Crippen LogP contribution in [0.1, 0.15) is 25.0 Å². The third-order valence-corrected chi connectivity index (χ3v) is 13.1. The first-order valence-electron chi connectivity index (χ1n) is 19.1. The highest BCUT2D eigenvalue weighted by Gasteiger charge is 2.37. The number of rotatable bonds is 5. The Bertz CT molecular complexity index is 3110. The Morgan fingerprint density at radius 2 is 1.00 bits per heavy atom. The minimum atomic E-state index is -0.0958. The van der Waals surface area contributed by atoms with Gasteiger partial charge in [0.1, 0.15) is 0 Å². The summed E-state index contributed by atoms with van der Waals surface area (Å²) in [6, 6.07) is 69.5. The Morgan fingerprint density at radius 1 is 0.436 bits per heavy atom. The fourth-order valence-corrected chi connectivity index (χ4v) is 10.4. The van der Waals surface area contributed by atoms with Gasteiger partial charge in [0.05, 0.1) is 5.69 Å². The molecule has 55 heavy (non-hydrogen) atoms. The molecule has 0 atom stereocenters. The summed E-state index contributed by atoms with van der Waals surface area (Å²) in [6.45, 7) is 4.72. The van der Waals surface area contributed by atoms with Crippen molar-refractivity contribution in [1.82, 2.24) is 0 Å². The fourth-order valence-electron chi connectivity index (χ4n) is 9.19. The highest BCUT2D eigenvalue weighted by molar-refractivity contribution is 7.26. The second kappa shape index (κ2) is 12.3.